The van der Waals surface area contributed by atoms with E-state index in [1.54, 1.807) is 0 Å². The van der Waals surface area contributed by atoms with E-state index in [4.69, 9.17) is 9.93 Å². The third kappa shape index (κ3) is 1.78. The average Bonchev–Trinajstić information content (AvgIpc) is 1.00. The lowest BCUT2D eigenvalue weighted by molar-refractivity contribution is 0.823. The van der Waals surface area contributed by atoms with Gasteiger partial charge in [0.05, 0.1) is 0 Å². The van der Waals surface area contributed by atoms with Gasteiger partial charge < -0.3 is 11.0 Å². The molecule has 4 nitrogen and oxygen atoms in total. The van der Waals surface area contributed by atoms with Crippen LogP contribution in [0.2, 0.25) is 0 Å². The molecule has 0 aromatic rings. The van der Waals surface area contributed by atoms with Crippen LogP contribution in [0.5, 0.6) is 0 Å². The van der Waals surface area contributed by atoms with E-state index in [1.807, 2.05) is 0 Å². The first kappa shape index (κ1) is 82.7. The summed E-state index contributed by atoms with van der Waals surface area (Å²) in [5, 5.41) is 0. The fraction of sp³-hybridized carbons (Fsp3) is 0. The minimum atomic E-state index is 0. The van der Waals surface area contributed by atoms with Crippen molar-refractivity contribution in [2.75, 3.05) is 0 Å². The van der Waals surface area contributed by atoms with Gasteiger partial charge in [0.25, 0.3) is 0 Å². The Morgan fingerprint density at radius 1 is 0.750 bits per heavy atom. The van der Waals surface area contributed by atoms with Crippen LogP contribution in [-0.2, 0) is 0 Å². The van der Waals surface area contributed by atoms with Crippen molar-refractivity contribution in [1.82, 2.24) is 0 Å². The molecule has 0 fully saturated rings. The molecule has 0 aromatic heterocycles. The van der Waals surface area contributed by atoms with Gasteiger partial charge in [-0.15, -0.1) is 0 Å². The molecule has 0 amide bonds. The van der Waals surface area contributed by atoms with Gasteiger partial charge in [-0.3, -0.25) is 0 Å². The molecule has 28 valence electrons. The molecule has 0 aliphatic rings. The van der Waals surface area contributed by atoms with E-state index in [0.717, 1.165) is 0 Å². The van der Waals surface area contributed by atoms with Crippen LogP contribution in [0, 0.1) is 9.93 Å². The Labute approximate surface area is 22.3 Å². The summed E-state index contributed by atoms with van der Waals surface area (Å²) in [4.78, 5) is 14.0. The molecule has 0 aliphatic carbocycles. The normalized spacial score (nSPS) is 1.00. The Morgan fingerprint density at radius 3 is 0.750 bits per heavy atom. The smallest absolute Gasteiger partial charge is 0 e. The van der Waals surface area contributed by atoms with Gasteiger partial charge in [-0.25, -0.2) is 0 Å². The highest BCUT2D eigenvalue weighted by atomic mass is 16.7. The summed E-state index contributed by atoms with van der Waals surface area (Å²) in [6, 6.07) is 0. The summed E-state index contributed by atoms with van der Waals surface area (Å²) >= 11 is 0. The Bertz CT molecular complexity index is 0. The lowest BCUT2D eigenvalue weighted by Crippen LogP contribution is -0.674. The third-order valence-electron chi connectivity index (χ3n) is 0. The van der Waals surface area contributed by atoms with E-state index in [-0.39, 0.29) is 11.0 Å². The van der Waals surface area contributed by atoms with Crippen molar-refractivity contribution < 1.29 is 11.0 Å². The molecule has 0 spiro atoms. The maximum Gasteiger partial charge on any atom is 0 e. The highest BCUT2D eigenvalue weighted by molar-refractivity contribution is 4.07. The summed E-state index contributed by atoms with van der Waals surface area (Å²) in [7, 11) is 0. The number of rotatable bonds is 0. The topological polar surface area (TPSA) is 97.1 Å². The Balaban J connectivity index is -0.00000000500. The van der Waals surface area contributed by atoms with Crippen LogP contribution in [0.4, 0.5) is 0 Å². The van der Waals surface area contributed by atoms with Crippen LogP contribution in [0.3, 0.4) is 0 Å². The van der Waals surface area contributed by atoms with Gasteiger partial charge in [-0.2, -0.15) is 0 Å². The molecular weight excluding hydrogens is 64.0 g/mol. The van der Waals surface area contributed by atoms with Gasteiger partial charge in [-0.05, 0) is 0 Å². The quantitative estimate of drug-likeness (QED) is 0.342. The van der Waals surface area contributed by atoms with E-state index in [1.165, 1.54) is 0 Å². The molecule has 0 unspecified atom stereocenters. The largest absolute Gasteiger partial charge is 0.412 e. The second-order valence-corrected chi connectivity index (χ2v) is 0. The SMILES string of the molecule is O.O.O=O. The Kier molecular flexibility index (Phi) is 522. The highest BCUT2D eigenvalue weighted by Crippen LogP contribution is 0.741. The van der Waals surface area contributed by atoms with E-state index in [0.29, 0.717) is 0 Å². The molecule has 4 heteroatoms. The molecule has 0 aliphatic heterocycles. The van der Waals surface area contributed by atoms with Crippen LogP contribution in [-0.4, -0.2) is 11.0 Å². The van der Waals surface area contributed by atoms with E-state index >= 15 is 0 Å². The first-order valence-electron chi connectivity index (χ1n) is 0.167. The van der Waals surface area contributed by atoms with Crippen LogP contribution < -0.4 is 0 Å². The van der Waals surface area contributed by atoms with E-state index in [2.05, 4.69) is 0 Å². The van der Waals surface area contributed by atoms with E-state index in [9.17, 15) is 0 Å². The van der Waals surface area contributed by atoms with Gasteiger partial charge in [0, 0.05) is 9.93 Å². The average molecular weight is 68.0 g/mol. The lowest BCUT2D eigenvalue weighted by Gasteiger charge is -0.707. The van der Waals surface area contributed by atoms with Crippen LogP contribution in [0.15, 0.2) is 0 Å². The van der Waals surface area contributed by atoms with Crippen molar-refractivity contribution >= 4 is 0 Å². The zero-order valence-corrected chi connectivity index (χ0v) is 1.82. The molecule has 0 atom stereocenters. The zero-order valence-electron chi connectivity index (χ0n) is 1.82. The van der Waals surface area contributed by atoms with Crippen molar-refractivity contribution in [3.63, 3.8) is 0 Å². The minimum Gasteiger partial charge on any atom is -0.412 e. The molecule has 0 heterocycles. The fourth-order valence-corrected chi connectivity index (χ4v) is 0. The maximum atomic E-state index is 7.00. The second kappa shape index (κ2) is 25.3. The summed E-state index contributed by atoms with van der Waals surface area (Å²) in [6.45, 7) is 0. The predicted octanol–water partition coefficient (Wildman–Crippen LogP) is -1.58. The van der Waals surface area contributed by atoms with Crippen molar-refractivity contribution in [1.29, 1.82) is 0 Å². The molecule has 0 radical (unpaired) electrons. The number of hydrogen-bond donors (Lipinski definition) is 0. The summed E-state index contributed by atoms with van der Waals surface area (Å²) < 4.78 is 0. The number of hydrogen-bond acceptors (Lipinski definition) is 2. The zero-order chi connectivity index (χ0) is 2.00. The molecule has 0 bridgehead atoms. The lowest BCUT2D eigenvalue weighted by atomic mass is 15.3. The van der Waals surface area contributed by atoms with E-state index < -0.39 is 0 Å². The molecule has 0 rings (SSSR count). The standard InChI is InChI=1S/O2.2H2O/c1-2;;/h;2*1H2. The predicted molar refractivity (Wildman–Crippen MR) is 14.0 cm³/mol. The van der Waals surface area contributed by atoms with Gasteiger partial charge in [0.15, 0.2) is 0 Å². The molecule has 4 heavy (non-hydrogen) atoms. The first-order chi connectivity index (χ1) is 1.00. The van der Waals surface area contributed by atoms with Gasteiger partial charge in [-0.1, -0.05) is 0 Å². The van der Waals surface area contributed by atoms with Gasteiger partial charge in [0.1, 0.15) is 0 Å². The Morgan fingerprint density at radius 2 is 0.750 bits per heavy atom. The van der Waals surface area contributed by atoms with Crippen molar-refractivity contribution in [3.8, 4) is 0 Å². The molecule has 0 aromatic carbocycles. The Hall–Kier alpha value is -0.480. The van der Waals surface area contributed by atoms with Crippen LogP contribution in [0.1, 0.15) is 0 Å². The summed E-state index contributed by atoms with van der Waals surface area (Å²) in [6.07, 6.45) is 0. The van der Waals surface area contributed by atoms with Crippen molar-refractivity contribution in [2.45, 2.75) is 0 Å². The minimum absolute atomic E-state index is 0. The molecule has 0 saturated carbocycles. The third-order valence-corrected chi connectivity index (χ3v) is 0. The fourth-order valence-electron chi connectivity index (χ4n) is 0. The highest BCUT2D eigenvalue weighted by Gasteiger charge is 0.707. The maximum absolute atomic E-state index is 7.00. The van der Waals surface area contributed by atoms with Crippen molar-refractivity contribution in [3.05, 3.63) is 9.93 Å². The summed E-state index contributed by atoms with van der Waals surface area (Å²) in [5.41, 5.74) is 0. The molecule has 4 N–H and O–H groups in total. The van der Waals surface area contributed by atoms with Crippen molar-refractivity contribution in [2.24, 2.45) is 0 Å². The van der Waals surface area contributed by atoms with Gasteiger partial charge >= 0.3 is 0 Å². The van der Waals surface area contributed by atoms with Gasteiger partial charge in [0.2, 0.25) is 0 Å². The first-order valence-corrected chi connectivity index (χ1v) is 0.167. The van der Waals surface area contributed by atoms with Crippen LogP contribution in [0.25, 0.3) is 0 Å². The second-order valence-electron chi connectivity index (χ2n) is 0. The molecular formula is H4O4. The monoisotopic (exact) mass is 68.0 g/mol. The molecule has 0 saturated heterocycles. The summed E-state index contributed by atoms with van der Waals surface area (Å²) in [5.74, 6) is 0. The van der Waals surface area contributed by atoms with Crippen LogP contribution >= 0.6 is 0 Å².